The van der Waals surface area contributed by atoms with Crippen LogP contribution in [0.4, 0.5) is 24.5 Å². The number of carbonyl (C=O) groups excluding carboxylic acids is 1. The fourth-order valence-electron chi connectivity index (χ4n) is 3.21. The molecule has 1 saturated heterocycles. The average molecular weight is 379 g/mol. The molecule has 1 aliphatic heterocycles. The van der Waals surface area contributed by atoms with E-state index >= 15 is 0 Å². The van der Waals surface area contributed by atoms with Crippen molar-refractivity contribution in [1.29, 1.82) is 0 Å². The third-order valence-corrected chi connectivity index (χ3v) is 4.51. The lowest BCUT2D eigenvalue weighted by Crippen LogP contribution is -2.33. The Labute approximate surface area is 154 Å². The molecule has 5 nitrogen and oxygen atoms in total. The van der Waals surface area contributed by atoms with Gasteiger partial charge in [0.1, 0.15) is 12.1 Å². The molecule has 1 fully saturated rings. The number of alkyl halides is 3. The lowest BCUT2D eigenvalue weighted by Gasteiger charge is -2.30. The number of amides is 1. The minimum Gasteiger partial charge on any atom is -0.370 e. The number of rotatable bonds is 4. The number of halogens is 3. The zero-order valence-electron chi connectivity index (χ0n) is 14.6. The number of anilines is 2. The number of hydrogen-bond acceptors (Lipinski definition) is 3. The van der Waals surface area contributed by atoms with Gasteiger partial charge in [-0.05, 0) is 43.5 Å². The Hall–Kier alpha value is -2.77. The summed E-state index contributed by atoms with van der Waals surface area (Å²) in [5.41, 5.74) is -1.05. The highest BCUT2D eigenvalue weighted by Crippen LogP contribution is 2.28. The first kappa shape index (κ1) is 19.0. The predicted octanol–water partition coefficient (Wildman–Crippen LogP) is 3.50. The Morgan fingerprint density at radius 1 is 1.04 bits per heavy atom. The number of carbonyl (C=O) groups is 1. The first-order valence-electron chi connectivity index (χ1n) is 8.77. The minimum absolute atomic E-state index is 0.489. The molecule has 0 atom stereocenters. The van der Waals surface area contributed by atoms with Crippen molar-refractivity contribution in [3.63, 3.8) is 0 Å². The largest absolute Gasteiger partial charge is 0.421 e. The molecule has 0 aliphatic carbocycles. The standard InChI is InChI=1S/C19H20F3N3O2/c20-19(21,22)14-7-6-12-25(18(14)27)13-17(26)23-15-8-2-3-9-16(15)24-10-4-1-5-11-24/h2-3,6-9,12H,1,4-5,10-11,13H2,(H,23,26). The van der Waals surface area contributed by atoms with Crippen LogP contribution in [0.25, 0.3) is 0 Å². The first-order chi connectivity index (χ1) is 12.9. The molecule has 1 amide bonds. The monoisotopic (exact) mass is 379 g/mol. The summed E-state index contributed by atoms with van der Waals surface area (Å²) in [4.78, 5) is 26.5. The summed E-state index contributed by atoms with van der Waals surface area (Å²) in [6, 6.07) is 9.12. The summed E-state index contributed by atoms with van der Waals surface area (Å²) >= 11 is 0. The Kier molecular flexibility index (Phi) is 5.53. The Bertz CT molecular complexity index is 871. The second-order valence-corrected chi connectivity index (χ2v) is 6.47. The van der Waals surface area contributed by atoms with E-state index in [1.165, 1.54) is 12.6 Å². The molecule has 1 aliphatic rings. The normalized spacial score (nSPS) is 14.9. The summed E-state index contributed by atoms with van der Waals surface area (Å²) in [6.45, 7) is 1.29. The van der Waals surface area contributed by atoms with Gasteiger partial charge in [-0.15, -0.1) is 0 Å². The third kappa shape index (κ3) is 4.50. The van der Waals surface area contributed by atoms with Crippen molar-refractivity contribution in [1.82, 2.24) is 4.57 Å². The Balaban J connectivity index is 1.77. The van der Waals surface area contributed by atoms with Gasteiger partial charge in [0.25, 0.3) is 5.56 Å². The van der Waals surface area contributed by atoms with Crippen LogP contribution in [0.3, 0.4) is 0 Å². The van der Waals surface area contributed by atoms with Crippen LogP contribution in [0.2, 0.25) is 0 Å². The molecule has 0 unspecified atom stereocenters. The molecule has 2 heterocycles. The topological polar surface area (TPSA) is 54.3 Å². The van der Waals surface area contributed by atoms with Gasteiger partial charge in [-0.1, -0.05) is 12.1 Å². The van der Waals surface area contributed by atoms with Gasteiger partial charge in [0.15, 0.2) is 0 Å². The quantitative estimate of drug-likeness (QED) is 0.885. The molecule has 3 rings (SSSR count). The van der Waals surface area contributed by atoms with Crippen LogP contribution in [0.15, 0.2) is 47.4 Å². The molecule has 0 radical (unpaired) electrons. The maximum atomic E-state index is 12.9. The molecule has 1 aromatic carbocycles. The number of benzene rings is 1. The zero-order valence-corrected chi connectivity index (χ0v) is 14.6. The van der Waals surface area contributed by atoms with Crippen LogP contribution in [-0.4, -0.2) is 23.6 Å². The molecular formula is C19H20F3N3O2. The van der Waals surface area contributed by atoms with Crippen LogP contribution in [-0.2, 0) is 17.5 Å². The lowest BCUT2D eigenvalue weighted by molar-refractivity contribution is -0.139. The maximum absolute atomic E-state index is 12.9. The molecule has 0 saturated carbocycles. The number of nitrogens with zero attached hydrogens (tertiary/aromatic N) is 2. The van der Waals surface area contributed by atoms with Crippen molar-refractivity contribution < 1.29 is 18.0 Å². The summed E-state index contributed by atoms with van der Waals surface area (Å²) in [5.74, 6) is -0.555. The van der Waals surface area contributed by atoms with Gasteiger partial charge in [0, 0.05) is 19.3 Å². The number of pyridine rings is 1. The van der Waals surface area contributed by atoms with E-state index in [0.717, 1.165) is 42.3 Å². The van der Waals surface area contributed by atoms with E-state index < -0.39 is 29.8 Å². The molecule has 2 aromatic rings. The average Bonchev–Trinajstić information content (AvgIpc) is 2.63. The van der Waals surface area contributed by atoms with E-state index in [1.54, 1.807) is 12.1 Å². The molecule has 144 valence electrons. The van der Waals surface area contributed by atoms with E-state index in [9.17, 15) is 22.8 Å². The van der Waals surface area contributed by atoms with Gasteiger partial charge in [0.2, 0.25) is 5.91 Å². The number of para-hydroxylation sites is 2. The molecule has 1 aromatic heterocycles. The predicted molar refractivity (Wildman–Crippen MR) is 96.8 cm³/mol. The molecule has 27 heavy (non-hydrogen) atoms. The van der Waals surface area contributed by atoms with E-state index in [2.05, 4.69) is 10.2 Å². The highest BCUT2D eigenvalue weighted by Gasteiger charge is 2.34. The number of hydrogen-bond donors (Lipinski definition) is 1. The summed E-state index contributed by atoms with van der Waals surface area (Å²) in [5, 5.41) is 2.72. The lowest BCUT2D eigenvalue weighted by atomic mass is 10.1. The number of nitrogens with one attached hydrogen (secondary N) is 1. The SMILES string of the molecule is O=C(Cn1cccc(C(F)(F)F)c1=O)Nc1ccccc1N1CCCCC1. The van der Waals surface area contributed by atoms with Crippen LogP contribution >= 0.6 is 0 Å². The smallest absolute Gasteiger partial charge is 0.370 e. The van der Waals surface area contributed by atoms with E-state index in [0.29, 0.717) is 11.8 Å². The number of aromatic nitrogens is 1. The fraction of sp³-hybridized carbons (Fsp3) is 0.368. The van der Waals surface area contributed by atoms with Crippen molar-refractivity contribution in [2.45, 2.75) is 32.0 Å². The van der Waals surface area contributed by atoms with Crippen LogP contribution in [0.1, 0.15) is 24.8 Å². The van der Waals surface area contributed by atoms with Crippen LogP contribution in [0.5, 0.6) is 0 Å². The van der Waals surface area contributed by atoms with Gasteiger partial charge in [-0.3, -0.25) is 9.59 Å². The van der Waals surface area contributed by atoms with Gasteiger partial charge >= 0.3 is 6.18 Å². The van der Waals surface area contributed by atoms with Crippen molar-refractivity contribution in [2.75, 3.05) is 23.3 Å². The highest BCUT2D eigenvalue weighted by atomic mass is 19.4. The Morgan fingerprint density at radius 2 is 1.74 bits per heavy atom. The summed E-state index contributed by atoms with van der Waals surface area (Å²) < 4.78 is 39.3. The first-order valence-corrected chi connectivity index (χ1v) is 8.77. The molecule has 8 heteroatoms. The summed E-state index contributed by atoms with van der Waals surface area (Å²) in [7, 11) is 0. The van der Waals surface area contributed by atoms with Crippen molar-refractivity contribution in [3.8, 4) is 0 Å². The van der Waals surface area contributed by atoms with Crippen molar-refractivity contribution in [2.24, 2.45) is 0 Å². The number of piperidine rings is 1. The highest BCUT2D eigenvalue weighted by molar-refractivity contribution is 5.94. The molecular weight excluding hydrogens is 359 g/mol. The second-order valence-electron chi connectivity index (χ2n) is 6.47. The fourth-order valence-corrected chi connectivity index (χ4v) is 3.21. The second kappa shape index (κ2) is 7.85. The molecule has 0 spiro atoms. The zero-order chi connectivity index (χ0) is 19.4. The van der Waals surface area contributed by atoms with Gasteiger partial charge < -0.3 is 14.8 Å². The summed E-state index contributed by atoms with van der Waals surface area (Å²) in [6.07, 6.45) is -0.265. The maximum Gasteiger partial charge on any atom is 0.421 e. The van der Waals surface area contributed by atoms with E-state index in [-0.39, 0.29) is 0 Å². The van der Waals surface area contributed by atoms with Gasteiger partial charge in [-0.25, -0.2) is 0 Å². The molecule has 1 N–H and O–H groups in total. The van der Waals surface area contributed by atoms with E-state index in [1.807, 2.05) is 12.1 Å². The van der Waals surface area contributed by atoms with Crippen molar-refractivity contribution >= 4 is 17.3 Å². The van der Waals surface area contributed by atoms with Crippen LogP contribution < -0.4 is 15.8 Å². The minimum atomic E-state index is -4.75. The van der Waals surface area contributed by atoms with Gasteiger partial charge in [-0.2, -0.15) is 13.2 Å². The van der Waals surface area contributed by atoms with Crippen molar-refractivity contribution in [3.05, 3.63) is 58.5 Å². The third-order valence-electron chi connectivity index (χ3n) is 4.51. The van der Waals surface area contributed by atoms with Gasteiger partial charge in [0.05, 0.1) is 11.4 Å². The van der Waals surface area contributed by atoms with Crippen LogP contribution in [0, 0.1) is 0 Å². The Morgan fingerprint density at radius 3 is 2.44 bits per heavy atom. The molecule has 0 bridgehead atoms. The van der Waals surface area contributed by atoms with E-state index in [4.69, 9.17) is 0 Å².